The van der Waals surface area contributed by atoms with Crippen molar-refractivity contribution < 1.29 is 0 Å². The van der Waals surface area contributed by atoms with Gasteiger partial charge in [0.2, 0.25) is 0 Å². The van der Waals surface area contributed by atoms with E-state index < -0.39 is 0 Å². The van der Waals surface area contributed by atoms with Crippen LogP contribution in [0.4, 0.5) is 5.82 Å². The van der Waals surface area contributed by atoms with Crippen LogP contribution in [0.25, 0.3) is 16.6 Å². The molecule has 1 N–H and O–H groups in total. The third-order valence-electron chi connectivity index (χ3n) is 7.00. The molecule has 2 aliphatic rings. The molecule has 1 fully saturated rings. The minimum atomic E-state index is 0.391. The minimum Gasteiger partial charge on any atom is -0.367 e. The van der Waals surface area contributed by atoms with E-state index in [1.165, 1.54) is 16.3 Å². The van der Waals surface area contributed by atoms with Gasteiger partial charge in [0.25, 0.3) is 0 Å². The van der Waals surface area contributed by atoms with Gasteiger partial charge in [-0.05, 0) is 63.3 Å². The van der Waals surface area contributed by atoms with Crippen molar-refractivity contribution in [3.05, 3.63) is 99.6 Å². The molecule has 0 amide bonds. The first kappa shape index (κ1) is 23.5. The van der Waals surface area contributed by atoms with Gasteiger partial charge in [0.1, 0.15) is 5.82 Å². The highest BCUT2D eigenvalue weighted by atomic mass is 79.9. The van der Waals surface area contributed by atoms with Crippen molar-refractivity contribution in [3.63, 3.8) is 0 Å². The van der Waals surface area contributed by atoms with Crippen LogP contribution in [0.1, 0.15) is 30.4 Å². The predicted octanol–water partition coefficient (Wildman–Crippen LogP) is 7.03. The van der Waals surface area contributed by atoms with E-state index in [1.807, 2.05) is 28.9 Å². The molecule has 182 valence electrons. The fourth-order valence-electron chi connectivity index (χ4n) is 5.08. The quantitative estimate of drug-likeness (QED) is 0.285. The number of allylic oxidation sites excluding steroid dienone is 1. The van der Waals surface area contributed by atoms with Gasteiger partial charge in [0.05, 0.1) is 16.4 Å². The van der Waals surface area contributed by atoms with Crippen molar-refractivity contribution in [1.82, 2.24) is 20.0 Å². The molecule has 1 aromatic heterocycles. The summed E-state index contributed by atoms with van der Waals surface area (Å²) in [6.07, 6.45) is 6.83. The van der Waals surface area contributed by atoms with Gasteiger partial charge in [-0.3, -0.25) is 4.90 Å². The first-order chi connectivity index (χ1) is 17.6. The largest absolute Gasteiger partial charge is 0.367 e. The Morgan fingerprint density at radius 1 is 0.972 bits per heavy atom. The summed E-state index contributed by atoms with van der Waals surface area (Å²) in [6.45, 7) is 3.12. The maximum absolute atomic E-state index is 6.49. The van der Waals surface area contributed by atoms with Gasteiger partial charge in [0.15, 0.2) is 5.82 Å². The van der Waals surface area contributed by atoms with E-state index in [1.54, 1.807) is 6.20 Å². The number of aliphatic imine (C=N–C) groups is 1. The van der Waals surface area contributed by atoms with Crippen molar-refractivity contribution in [2.75, 3.05) is 13.1 Å². The fraction of sp³-hybridized carbons (Fsp3) is 0.241. The highest BCUT2D eigenvalue weighted by Crippen LogP contribution is 2.32. The molecule has 1 saturated heterocycles. The number of likely N-dealkylation sites (tertiary alicyclic amines) is 1. The molecule has 0 unspecified atom stereocenters. The number of nitrogens with zero attached hydrogens (tertiary/aromatic N) is 4. The summed E-state index contributed by atoms with van der Waals surface area (Å²) in [5.41, 5.74) is 3.27. The highest BCUT2D eigenvalue weighted by molar-refractivity contribution is 9.10. The number of piperidine rings is 1. The normalized spacial score (nSPS) is 16.8. The van der Waals surface area contributed by atoms with Crippen molar-refractivity contribution >= 4 is 55.7 Å². The molecule has 3 aromatic carbocycles. The van der Waals surface area contributed by atoms with Gasteiger partial charge in [0, 0.05) is 42.7 Å². The number of benzene rings is 3. The summed E-state index contributed by atoms with van der Waals surface area (Å²) in [6, 6.07) is 23.6. The Labute approximate surface area is 224 Å². The van der Waals surface area contributed by atoms with Crippen LogP contribution in [0.3, 0.4) is 0 Å². The van der Waals surface area contributed by atoms with E-state index in [0.29, 0.717) is 17.5 Å². The second-order valence-electron chi connectivity index (χ2n) is 9.44. The summed E-state index contributed by atoms with van der Waals surface area (Å²) in [5, 5.41) is 11.7. The summed E-state index contributed by atoms with van der Waals surface area (Å²) >= 11 is 10.1. The Balaban J connectivity index is 1.13. The number of nitrogens with one attached hydrogen (secondary N) is 1. The van der Waals surface area contributed by atoms with Crippen LogP contribution in [0.5, 0.6) is 0 Å². The lowest BCUT2D eigenvalue weighted by Crippen LogP contribution is -2.42. The van der Waals surface area contributed by atoms with Crippen LogP contribution in [0.15, 0.2) is 88.5 Å². The molecule has 0 atom stereocenters. The Morgan fingerprint density at radius 2 is 1.75 bits per heavy atom. The van der Waals surface area contributed by atoms with Crippen molar-refractivity contribution in [2.24, 2.45) is 4.99 Å². The Hall–Kier alpha value is -2.93. The molecule has 2 aliphatic heterocycles. The molecule has 3 heterocycles. The maximum atomic E-state index is 6.49. The zero-order chi connectivity index (χ0) is 24.5. The topological polar surface area (TPSA) is 45.5 Å². The molecule has 0 saturated carbocycles. The lowest BCUT2D eigenvalue weighted by atomic mass is 10.0. The number of hydrogen-bond donors (Lipinski definition) is 1. The van der Waals surface area contributed by atoms with Crippen LogP contribution in [0, 0.1) is 0 Å². The van der Waals surface area contributed by atoms with Gasteiger partial charge < -0.3 is 5.32 Å². The summed E-state index contributed by atoms with van der Waals surface area (Å²) in [7, 11) is 0. The number of hydrogen-bond acceptors (Lipinski definition) is 4. The number of aromatic nitrogens is 2. The maximum Gasteiger partial charge on any atom is 0.171 e. The van der Waals surface area contributed by atoms with Crippen molar-refractivity contribution in [1.29, 1.82) is 0 Å². The van der Waals surface area contributed by atoms with Gasteiger partial charge in [-0.2, -0.15) is 9.78 Å². The van der Waals surface area contributed by atoms with E-state index in [9.17, 15) is 0 Å². The van der Waals surface area contributed by atoms with Gasteiger partial charge in [-0.1, -0.05) is 66.2 Å². The number of rotatable bonds is 5. The zero-order valence-electron chi connectivity index (χ0n) is 19.9. The summed E-state index contributed by atoms with van der Waals surface area (Å²) in [5.74, 6) is 1.77. The molecule has 7 heteroatoms. The third kappa shape index (κ3) is 4.85. The van der Waals surface area contributed by atoms with E-state index >= 15 is 0 Å². The third-order valence-corrected chi connectivity index (χ3v) is 7.89. The Kier molecular flexibility index (Phi) is 6.65. The van der Waals surface area contributed by atoms with E-state index in [2.05, 4.69) is 79.8 Å². The molecular formula is C29H27BrClN5. The lowest BCUT2D eigenvalue weighted by molar-refractivity contribution is 0.197. The second-order valence-corrected chi connectivity index (χ2v) is 10.7. The molecule has 6 rings (SSSR count). The molecule has 0 spiro atoms. The van der Waals surface area contributed by atoms with E-state index in [-0.39, 0.29) is 0 Å². The average Bonchev–Trinajstić information content (AvgIpc) is 3.16. The minimum absolute atomic E-state index is 0.391. The van der Waals surface area contributed by atoms with E-state index in [4.69, 9.17) is 16.6 Å². The molecule has 0 aliphatic carbocycles. The zero-order valence-corrected chi connectivity index (χ0v) is 22.2. The SMILES string of the molecule is Clc1ccccc1C1=Nc2c(Br)cnn2C(NC2CCN(Cc3ccc4ccccc4c3)CC2)=CC1. The standard InChI is InChI=1S/C29H27BrClN5/c30-25-18-32-36-28(12-11-27(34-29(25)36)24-7-3-4-8-26(24)31)33-23-13-15-35(16-14-23)19-20-9-10-21-5-1-2-6-22(21)17-20/h1-10,12,17-18,23,33H,11,13-16,19H2. The molecule has 0 bridgehead atoms. The van der Waals surface area contributed by atoms with Crippen molar-refractivity contribution in [3.8, 4) is 0 Å². The number of halogens is 2. The monoisotopic (exact) mass is 559 g/mol. The smallest absolute Gasteiger partial charge is 0.171 e. The molecule has 5 nitrogen and oxygen atoms in total. The van der Waals surface area contributed by atoms with Gasteiger partial charge >= 0.3 is 0 Å². The Morgan fingerprint density at radius 3 is 2.58 bits per heavy atom. The first-order valence-corrected chi connectivity index (χ1v) is 13.5. The molecular weight excluding hydrogens is 534 g/mol. The molecule has 0 radical (unpaired) electrons. The Bertz CT molecular complexity index is 1470. The first-order valence-electron chi connectivity index (χ1n) is 12.4. The number of fused-ring (bicyclic) bond motifs is 2. The van der Waals surface area contributed by atoms with Crippen LogP contribution in [-0.2, 0) is 6.54 Å². The molecule has 4 aromatic rings. The van der Waals surface area contributed by atoms with Gasteiger partial charge in [-0.25, -0.2) is 4.99 Å². The highest BCUT2D eigenvalue weighted by Gasteiger charge is 2.23. The van der Waals surface area contributed by atoms with Crippen LogP contribution in [-0.4, -0.2) is 39.5 Å². The van der Waals surface area contributed by atoms with Crippen LogP contribution >= 0.6 is 27.5 Å². The van der Waals surface area contributed by atoms with Gasteiger partial charge in [-0.15, -0.1) is 0 Å². The van der Waals surface area contributed by atoms with E-state index in [0.717, 1.165) is 59.9 Å². The lowest BCUT2D eigenvalue weighted by Gasteiger charge is -2.33. The summed E-state index contributed by atoms with van der Waals surface area (Å²) < 4.78 is 2.77. The fourth-order valence-corrected chi connectivity index (χ4v) is 5.67. The second kappa shape index (κ2) is 10.2. The average molecular weight is 561 g/mol. The molecule has 36 heavy (non-hydrogen) atoms. The van der Waals surface area contributed by atoms with Crippen molar-refractivity contribution in [2.45, 2.75) is 31.8 Å². The van der Waals surface area contributed by atoms with Crippen LogP contribution < -0.4 is 5.32 Å². The summed E-state index contributed by atoms with van der Waals surface area (Å²) in [4.78, 5) is 7.49. The predicted molar refractivity (Wildman–Crippen MR) is 152 cm³/mol. The van der Waals surface area contributed by atoms with Crippen LogP contribution in [0.2, 0.25) is 5.02 Å².